The van der Waals surface area contributed by atoms with Crippen molar-refractivity contribution in [3.05, 3.63) is 0 Å². The van der Waals surface area contributed by atoms with Crippen LogP contribution in [0.3, 0.4) is 0 Å². The van der Waals surface area contributed by atoms with Crippen molar-refractivity contribution in [3.8, 4) is 0 Å². The minimum atomic E-state index is -0.354. The van der Waals surface area contributed by atoms with Gasteiger partial charge in [0.15, 0.2) is 0 Å². The summed E-state index contributed by atoms with van der Waals surface area (Å²) in [5.41, 5.74) is 11.6. The smallest absolute Gasteiger partial charge is 0.239 e. The molecule has 0 saturated carbocycles. The summed E-state index contributed by atoms with van der Waals surface area (Å²) >= 11 is 0. The molecule has 0 radical (unpaired) electrons. The van der Waals surface area contributed by atoms with Crippen molar-refractivity contribution < 1.29 is 4.79 Å². The third-order valence-corrected chi connectivity index (χ3v) is 3.83. The van der Waals surface area contributed by atoms with Gasteiger partial charge in [-0.25, -0.2) is 0 Å². The number of unbranched alkanes of at least 4 members (excludes halogenated alkanes) is 1. The predicted molar refractivity (Wildman–Crippen MR) is 78.8 cm³/mol. The van der Waals surface area contributed by atoms with Crippen molar-refractivity contribution in [2.45, 2.75) is 51.6 Å². The third-order valence-electron chi connectivity index (χ3n) is 3.83. The van der Waals surface area contributed by atoms with Crippen LogP contribution in [0.1, 0.15) is 40.0 Å². The Hall–Kier alpha value is -0.650. The second kappa shape index (κ2) is 7.22. The Balaban J connectivity index is 2.36. The van der Waals surface area contributed by atoms with Gasteiger partial charge < -0.3 is 16.4 Å². The van der Waals surface area contributed by atoms with E-state index in [4.69, 9.17) is 11.5 Å². The third kappa shape index (κ3) is 5.09. The first-order chi connectivity index (χ1) is 8.86. The van der Waals surface area contributed by atoms with Crippen molar-refractivity contribution in [3.63, 3.8) is 0 Å². The van der Waals surface area contributed by atoms with E-state index in [2.05, 4.69) is 25.7 Å². The van der Waals surface area contributed by atoms with Crippen LogP contribution in [0.15, 0.2) is 0 Å². The Morgan fingerprint density at radius 2 is 1.74 bits per heavy atom. The molecule has 5 nitrogen and oxygen atoms in total. The van der Waals surface area contributed by atoms with Gasteiger partial charge in [0.2, 0.25) is 5.91 Å². The maximum atomic E-state index is 12.2. The van der Waals surface area contributed by atoms with Gasteiger partial charge in [0.05, 0.1) is 6.04 Å². The number of rotatable bonds is 5. The SMILES string of the molecule is CC(C)(C)N1CCN(C(=O)C(N)CCCCN)CC1. The molecule has 1 atom stereocenters. The molecular formula is C14H30N4O. The molecule has 4 N–H and O–H groups in total. The number of carbonyl (C=O) groups excluding carboxylic acids is 1. The molecule has 0 bridgehead atoms. The Bertz CT molecular complexity index is 280. The van der Waals surface area contributed by atoms with Gasteiger partial charge in [0, 0.05) is 31.7 Å². The van der Waals surface area contributed by atoms with Crippen LogP contribution in [0, 0.1) is 0 Å². The van der Waals surface area contributed by atoms with E-state index < -0.39 is 0 Å². The number of nitrogens with two attached hydrogens (primary N) is 2. The number of nitrogens with zero attached hydrogens (tertiary/aromatic N) is 2. The lowest BCUT2D eigenvalue weighted by atomic mass is 10.0. The van der Waals surface area contributed by atoms with E-state index in [-0.39, 0.29) is 17.5 Å². The van der Waals surface area contributed by atoms with Gasteiger partial charge in [-0.2, -0.15) is 0 Å². The normalized spacial score (nSPS) is 19.5. The highest BCUT2D eigenvalue weighted by Crippen LogP contribution is 2.16. The molecule has 1 fully saturated rings. The maximum absolute atomic E-state index is 12.2. The molecule has 1 unspecified atom stereocenters. The molecule has 0 aromatic carbocycles. The molecule has 0 aromatic rings. The topological polar surface area (TPSA) is 75.6 Å². The average Bonchev–Trinajstić information content (AvgIpc) is 2.37. The molecule has 1 heterocycles. The molecule has 1 aliphatic rings. The van der Waals surface area contributed by atoms with Crippen molar-refractivity contribution in [2.75, 3.05) is 32.7 Å². The number of carbonyl (C=O) groups is 1. The van der Waals surface area contributed by atoms with Crippen molar-refractivity contribution >= 4 is 5.91 Å². The molecular weight excluding hydrogens is 240 g/mol. The zero-order chi connectivity index (χ0) is 14.5. The average molecular weight is 270 g/mol. The zero-order valence-corrected chi connectivity index (χ0v) is 12.7. The van der Waals surface area contributed by atoms with Gasteiger partial charge in [-0.3, -0.25) is 9.69 Å². The van der Waals surface area contributed by atoms with Gasteiger partial charge in [-0.05, 0) is 40.2 Å². The summed E-state index contributed by atoms with van der Waals surface area (Å²) in [6, 6.07) is -0.354. The van der Waals surface area contributed by atoms with Crippen LogP contribution in [0.4, 0.5) is 0 Å². The summed E-state index contributed by atoms with van der Waals surface area (Å²) in [6.07, 6.45) is 2.62. The van der Waals surface area contributed by atoms with E-state index in [1.807, 2.05) is 4.90 Å². The van der Waals surface area contributed by atoms with Crippen LogP contribution in [-0.2, 0) is 4.79 Å². The van der Waals surface area contributed by atoms with E-state index in [1.165, 1.54) is 0 Å². The molecule has 1 saturated heterocycles. The van der Waals surface area contributed by atoms with Crippen LogP contribution in [0.25, 0.3) is 0 Å². The molecule has 5 heteroatoms. The van der Waals surface area contributed by atoms with Gasteiger partial charge >= 0.3 is 0 Å². The van der Waals surface area contributed by atoms with Crippen molar-refractivity contribution in [1.29, 1.82) is 0 Å². The van der Waals surface area contributed by atoms with Gasteiger partial charge in [-0.1, -0.05) is 6.42 Å². The molecule has 1 amide bonds. The first-order valence-corrected chi connectivity index (χ1v) is 7.35. The number of hydrogen-bond donors (Lipinski definition) is 2. The second-order valence-electron chi connectivity index (χ2n) is 6.37. The monoisotopic (exact) mass is 270 g/mol. The van der Waals surface area contributed by atoms with E-state index in [1.54, 1.807) is 0 Å². The molecule has 1 rings (SSSR count). The number of amides is 1. The maximum Gasteiger partial charge on any atom is 0.239 e. The Kier molecular flexibility index (Phi) is 6.23. The highest BCUT2D eigenvalue weighted by Gasteiger charge is 2.29. The summed E-state index contributed by atoms with van der Waals surface area (Å²) in [5.74, 6) is 0.102. The summed E-state index contributed by atoms with van der Waals surface area (Å²) in [6.45, 7) is 10.8. The largest absolute Gasteiger partial charge is 0.339 e. The van der Waals surface area contributed by atoms with E-state index in [0.717, 1.165) is 45.4 Å². The van der Waals surface area contributed by atoms with Crippen LogP contribution >= 0.6 is 0 Å². The van der Waals surface area contributed by atoms with E-state index >= 15 is 0 Å². The molecule has 1 aliphatic heterocycles. The first-order valence-electron chi connectivity index (χ1n) is 7.35. The van der Waals surface area contributed by atoms with Crippen LogP contribution in [-0.4, -0.2) is 60.0 Å². The summed E-state index contributed by atoms with van der Waals surface area (Å²) in [7, 11) is 0. The fraction of sp³-hybridized carbons (Fsp3) is 0.929. The minimum absolute atomic E-state index is 0.102. The molecule has 0 spiro atoms. The van der Waals surface area contributed by atoms with Crippen LogP contribution < -0.4 is 11.5 Å². The van der Waals surface area contributed by atoms with E-state index in [9.17, 15) is 4.79 Å². The first kappa shape index (κ1) is 16.4. The fourth-order valence-corrected chi connectivity index (χ4v) is 2.46. The molecule has 0 aliphatic carbocycles. The molecule has 112 valence electrons. The standard InChI is InChI=1S/C14H30N4O/c1-14(2,3)18-10-8-17(9-11-18)13(19)12(16)6-4-5-7-15/h12H,4-11,15-16H2,1-3H3. The van der Waals surface area contributed by atoms with Crippen molar-refractivity contribution in [2.24, 2.45) is 11.5 Å². The summed E-state index contributed by atoms with van der Waals surface area (Å²) in [4.78, 5) is 16.5. The lowest BCUT2D eigenvalue weighted by Gasteiger charge is -2.42. The van der Waals surface area contributed by atoms with Gasteiger partial charge in [-0.15, -0.1) is 0 Å². The lowest BCUT2D eigenvalue weighted by molar-refractivity contribution is -0.135. The zero-order valence-electron chi connectivity index (χ0n) is 12.7. The Morgan fingerprint density at radius 1 is 1.16 bits per heavy atom. The fourth-order valence-electron chi connectivity index (χ4n) is 2.46. The van der Waals surface area contributed by atoms with Crippen LogP contribution in [0.2, 0.25) is 0 Å². The van der Waals surface area contributed by atoms with Crippen molar-refractivity contribution in [1.82, 2.24) is 9.80 Å². The summed E-state index contributed by atoms with van der Waals surface area (Å²) in [5, 5.41) is 0. The lowest BCUT2D eigenvalue weighted by Crippen LogP contribution is -2.57. The quantitative estimate of drug-likeness (QED) is 0.709. The van der Waals surface area contributed by atoms with Gasteiger partial charge in [0.1, 0.15) is 0 Å². The predicted octanol–water partition coefficient (Wildman–Crippen LogP) is 0.385. The minimum Gasteiger partial charge on any atom is -0.339 e. The Morgan fingerprint density at radius 3 is 2.21 bits per heavy atom. The number of piperazine rings is 1. The summed E-state index contributed by atoms with van der Waals surface area (Å²) < 4.78 is 0. The highest BCUT2D eigenvalue weighted by atomic mass is 16.2. The number of hydrogen-bond acceptors (Lipinski definition) is 4. The van der Waals surface area contributed by atoms with E-state index in [0.29, 0.717) is 6.54 Å². The molecule has 0 aromatic heterocycles. The highest BCUT2D eigenvalue weighted by molar-refractivity contribution is 5.81. The van der Waals surface area contributed by atoms with Crippen LogP contribution in [0.5, 0.6) is 0 Å². The Labute approximate surface area is 117 Å². The second-order valence-corrected chi connectivity index (χ2v) is 6.37. The van der Waals surface area contributed by atoms with Gasteiger partial charge in [0.25, 0.3) is 0 Å². The molecule has 19 heavy (non-hydrogen) atoms.